The molecule has 2 rings (SSSR count). The van der Waals surface area contributed by atoms with Gasteiger partial charge in [0.1, 0.15) is 10.1 Å². The minimum atomic E-state index is -0.971. The van der Waals surface area contributed by atoms with Gasteiger partial charge in [-0.15, -0.1) is 0 Å². The molecule has 0 amide bonds. The first-order chi connectivity index (χ1) is 9.06. The molecule has 0 aliphatic heterocycles. The average molecular weight is 276 g/mol. The van der Waals surface area contributed by atoms with E-state index in [4.69, 9.17) is 5.11 Å². The molecule has 98 valence electrons. The van der Waals surface area contributed by atoms with Crippen LogP contribution in [0.3, 0.4) is 0 Å². The summed E-state index contributed by atoms with van der Waals surface area (Å²) in [6, 6.07) is 4.73. The predicted octanol–water partition coefficient (Wildman–Crippen LogP) is 1.79. The quantitative estimate of drug-likeness (QED) is 0.853. The van der Waals surface area contributed by atoms with Crippen molar-refractivity contribution in [2.24, 2.45) is 0 Å². The van der Waals surface area contributed by atoms with Gasteiger partial charge in [-0.05, 0) is 30.0 Å². The van der Waals surface area contributed by atoms with Gasteiger partial charge in [-0.2, -0.15) is 0 Å². The third-order valence-electron chi connectivity index (χ3n) is 2.21. The van der Waals surface area contributed by atoms with Gasteiger partial charge >= 0.3 is 5.97 Å². The van der Waals surface area contributed by atoms with E-state index in [1.165, 1.54) is 30.1 Å². The van der Waals surface area contributed by atoms with Crippen molar-refractivity contribution in [3.05, 3.63) is 36.2 Å². The average Bonchev–Trinajstić information content (AvgIpc) is 2.39. The lowest BCUT2D eigenvalue weighted by atomic mass is 10.3. The summed E-state index contributed by atoms with van der Waals surface area (Å²) in [6.07, 6.45) is 3.13. The highest BCUT2D eigenvalue weighted by molar-refractivity contribution is 7.99. The van der Waals surface area contributed by atoms with Crippen LogP contribution in [-0.2, 0) is 0 Å². The molecule has 0 aliphatic rings. The summed E-state index contributed by atoms with van der Waals surface area (Å²) in [6.45, 7) is 0. The van der Waals surface area contributed by atoms with Crippen molar-refractivity contribution < 1.29 is 9.90 Å². The van der Waals surface area contributed by atoms with E-state index < -0.39 is 5.97 Å². The summed E-state index contributed by atoms with van der Waals surface area (Å²) in [5, 5.41) is 10.2. The van der Waals surface area contributed by atoms with E-state index in [-0.39, 0.29) is 5.56 Å². The number of aromatic nitrogens is 3. The van der Waals surface area contributed by atoms with Gasteiger partial charge in [0.25, 0.3) is 0 Å². The molecule has 7 heteroatoms. The molecule has 6 nitrogen and oxygen atoms in total. The van der Waals surface area contributed by atoms with Crippen LogP contribution in [0.5, 0.6) is 0 Å². The molecule has 0 aliphatic carbocycles. The van der Waals surface area contributed by atoms with Crippen LogP contribution in [0, 0.1) is 0 Å². The zero-order valence-electron chi connectivity index (χ0n) is 10.4. The summed E-state index contributed by atoms with van der Waals surface area (Å²) in [4.78, 5) is 25.2. The number of anilines is 1. The molecule has 0 unspecified atom stereocenters. The largest absolute Gasteiger partial charge is 0.478 e. The Labute approximate surface area is 114 Å². The molecule has 0 aromatic carbocycles. The van der Waals surface area contributed by atoms with Crippen molar-refractivity contribution in [3.63, 3.8) is 0 Å². The smallest absolute Gasteiger partial charge is 0.335 e. The Balaban J connectivity index is 2.23. The van der Waals surface area contributed by atoms with Crippen LogP contribution in [0.1, 0.15) is 10.4 Å². The van der Waals surface area contributed by atoms with E-state index in [2.05, 4.69) is 15.0 Å². The van der Waals surface area contributed by atoms with Crippen molar-refractivity contribution in [1.82, 2.24) is 15.0 Å². The molecule has 2 aromatic heterocycles. The zero-order chi connectivity index (χ0) is 13.8. The van der Waals surface area contributed by atoms with Crippen LogP contribution < -0.4 is 4.90 Å². The van der Waals surface area contributed by atoms with Gasteiger partial charge in [-0.25, -0.2) is 19.7 Å². The van der Waals surface area contributed by atoms with Gasteiger partial charge in [0, 0.05) is 26.5 Å². The number of carboxylic acid groups (broad SMARTS) is 1. The molecule has 0 saturated heterocycles. The summed E-state index contributed by atoms with van der Waals surface area (Å²) in [5.41, 5.74) is 0.208. The minimum absolute atomic E-state index is 0.208. The fourth-order valence-electron chi connectivity index (χ4n) is 1.31. The first-order valence-electron chi connectivity index (χ1n) is 5.44. The normalized spacial score (nSPS) is 10.2. The number of aromatic carboxylic acids is 1. The topological polar surface area (TPSA) is 79.2 Å². The minimum Gasteiger partial charge on any atom is -0.478 e. The molecular formula is C12H12N4O2S. The summed E-state index contributed by atoms with van der Waals surface area (Å²) in [7, 11) is 3.71. The number of hydrogen-bond donors (Lipinski definition) is 1. The Kier molecular flexibility index (Phi) is 3.96. The lowest BCUT2D eigenvalue weighted by molar-refractivity contribution is 0.0696. The maximum Gasteiger partial charge on any atom is 0.335 e. The van der Waals surface area contributed by atoms with Crippen molar-refractivity contribution in [3.8, 4) is 0 Å². The van der Waals surface area contributed by atoms with Gasteiger partial charge in [-0.1, -0.05) is 0 Å². The highest BCUT2D eigenvalue weighted by Gasteiger charge is 2.07. The van der Waals surface area contributed by atoms with E-state index in [0.29, 0.717) is 16.0 Å². The Bertz CT molecular complexity index is 604. The van der Waals surface area contributed by atoms with Crippen LogP contribution >= 0.6 is 11.8 Å². The molecule has 0 spiro atoms. The number of carboxylic acids is 1. The predicted molar refractivity (Wildman–Crippen MR) is 71.7 cm³/mol. The van der Waals surface area contributed by atoms with Gasteiger partial charge < -0.3 is 10.0 Å². The first-order valence-corrected chi connectivity index (χ1v) is 6.25. The highest BCUT2D eigenvalue weighted by atomic mass is 32.2. The number of rotatable bonds is 4. The third kappa shape index (κ3) is 3.41. The fourth-order valence-corrected chi connectivity index (χ4v) is 2.08. The Morgan fingerprint density at radius 3 is 2.63 bits per heavy atom. The van der Waals surface area contributed by atoms with Gasteiger partial charge in [0.2, 0.25) is 5.95 Å². The van der Waals surface area contributed by atoms with E-state index in [1.54, 1.807) is 17.2 Å². The number of carbonyl (C=O) groups is 1. The van der Waals surface area contributed by atoms with Crippen LogP contribution in [0.2, 0.25) is 0 Å². The van der Waals surface area contributed by atoms with Gasteiger partial charge in [-0.3, -0.25) is 0 Å². The number of pyridine rings is 1. The van der Waals surface area contributed by atoms with E-state index in [1.807, 2.05) is 14.1 Å². The molecule has 1 N–H and O–H groups in total. The zero-order valence-corrected chi connectivity index (χ0v) is 11.3. The summed E-state index contributed by atoms with van der Waals surface area (Å²) >= 11 is 1.30. The summed E-state index contributed by atoms with van der Waals surface area (Å²) in [5.74, 6) is -0.375. The monoisotopic (exact) mass is 276 g/mol. The van der Waals surface area contributed by atoms with Gasteiger partial charge in [0.15, 0.2) is 0 Å². The third-order valence-corrected chi connectivity index (χ3v) is 3.08. The SMILES string of the molecule is CN(C)c1nccc(Sc2cc(C(=O)O)ccn2)n1. The maximum absolute atomic E-state index is 10.9. The second-order valence-corrected chi connectivity index (χ2v) is 4.92. The van der Waals surface area contributed by atoms with Crippen LogP contribution in [0.15, 0.2) is 40.6 Å². The second kappa shape index (κ2) is 5.66. The molecule has 0 bridgehead atoms. The standard InChI is InChI=1S/C12H12N4O2S/c1-16(2)12-14-6-4-9(15-12)19-10-7-8(11(17)18)3-5-13-10/h3-7H,1-2H3,(H,17,18). The van der Waals surface area contributed by atoms with Crippen molar-refractivity contribution >= 4 is 23.7 Å². The molecule has 0 radical (unpaired) electrons. The number of hydrogen-bond acceptors (Lipinski definition) is 6. The lowest BCUT2D eigenvalue weighted by Crippen LogP contribution is -2.12. The first kappa shape index (κ1) is 13.3. The van der Waals surface area contributed by atoms with Crippen molar-refractivity contribution in [2.75, 3.05) is 19.0 Å². The molecule has 2 heterocycles. The van der Waals surface area contributed by atoms with E-state index >= 15 is 0 Å². The van der Waals surface area contributed by atoms with Crippen molar-refractivity contribution in [2.45, 2.75) is 10.1 Å². The maximum atomic E-state index is 10.9. The highest BCUT2D eigenvalue weighted by Crippen LogP contribution is 2.25. The summed E-state index contributed by atoms with van der Waals surface area (Å²) < 4.78 is 0. The van der Waals surface area contributed by atoms with Crippen LogP contribution in [0.4, 0.5) is 5.95 Å². The Morgan fingerprint density at radius 2 is 1.95 bits per heavy atom. The Morgan fingerprint density at radius 1 is 1.21 bits per heavy atom. The molecule has 0 atom stereocenters. The fraction of sp³-hybridized carbons (Fsp3) is 0.167. The van der Waals surface area contributed by atoms with Crippen LogP contribution in [0.25, 0.3) is 0 Å². The van der Waals surface area contributed by atoms with Crippen molar-refractivity contribution in [1.29, 1.82) is 0 Å². The molecule has 2 aromatic rings. The van der Waals surface area contributed by atoms with Crippen LogP contribution in [-0.4, -0.2) is 40.1 Å². The second-order valence-electron chi connectivity index (χ2n) is 3.88. The number of nitrogens with zero attached hydrogens (tertiary/aromatic N) is 4. The molecular weight excluding hydrogens is 264 g/mol. The molecule has 0 saturated carbocycles. The van der Waals surface area contributed by atoms with E-state index in [9.17, 15) is 4.79 Å². The Hall–Kier alpha value is -2.15. The lowest BCUT2D eigenvalue weighted by Gasteiger charge is -2.10. The molecule has 19 heavy (non-hydrogen) atoms. The van der Waals surface area contributed by atoms with E-state index in [0.717, 1.165) is 0 Å². The van der Waals surface area contributed by atoms with Gasteiger partial charge in [0.05, 0.1) is 5.56 Å². The molecule has 0 fully saturated rings.